The molecular formula is C29H37Cl2N3O6. The molecule has 3 N–H and O–H groups in total. The second-order valence-corrected chi connectivity index (χ2v) is 10.6. The summed E-state index contributed by atoms with van der Waals surface area (Å²) in [5.41, 5.74) is 3.10. The molecule has 0 saturated carbocycles. The number of halogens is 2. The first-order valence-electron chi connectivity index (χ1n) is 13.6. The average Bonchev–Trinajstić information content (AvgIpc) is 2.93. The summed E-state index contributed by atoms with van der Waals surface area (Å²) in [5.74, 6) is -0.837. The number of nitrogens with zero attached hydrogens (tertiary/aromatic N) is 2. The molecule has 1 fully saturated rings. The fourth-order valence-electron chi connectivity index (χ4n) is 4.57. The van der Waals surface area contributed by atoms with Crippen LogP contribution in [0, 0.1) is 0 Å². The molecule has 0 bridgehead atoms. The van der Waals surface area contributed by atoms with Gasteiger partial charge in [0.25, 0.3) is 0 Å². The zero-order chi connectivity index (χ0) is 28.9. The molecule has 2 aromatic carbocycles. The Balaban J connectivity index is 0.000000378. The van der Waals surface area contributed by atoms with Gasteiger partial charge in [-0.1, -0.05) is 35.3 Å². The molecule has 2 aliphatic rings. The summed E-state index contributed by atoms with van der Waals surface area (Å²) in [6, 6.07) is 11.8. The van der Waals surface area contributed by atoms with Crippen LogP contribution in [0.4, 0.5) is 11.4 Å². The summed E-state index contributed by atoms with van der Waals surface area (Å²) < 4.78 is 5.89. The monoisotopic (exact) mass is 593 g/mol. The van der Waals surface area contributed by atoms with E-state index >= 15 is 0 Å². The molecule has 0 spiro atoms. The topological polar surface area (TPSA) is 119 Å². The molecule has 9 nitrogen and oxygen atoms in total. The molecule has 4 rings (SSSR count). The maximum atomic E-state index is 11.5. The molecule has 0 aromatic heterocycles. The van der Waals surface area contributed by atoms with Gasteiger partial charge in [-0.3, -0.25) is 19.3 Å². The minimum absolute atomic E-state index is 0.0628. The maximum Gasteiger partial charge on any atom is 0.303 e. The Morgan fingerprint density at radius 2 is 1.60 bits per heavy atom. The van der Waals surface area contributed by atoms with Crippen molar-refractivity contribution in [3.05, 3.63) is 52.0 Å². The summed E-state index contributed by atoms with van der Waals surface area (Å²) in [6.07, 6.45) is 4.49. The SMILES string of the molecule is O=C(O)CCCCC(=O)O.O=C1CCc2ccc(OCCCCN3CCN(c4cccc(Cl)c4Cl)CC3)cc2N1. The van der Waals surface area contributed by atoms with Gasteiger partial charge < -0.3 is 25.2 Å². The van der Waals surface area contributed by atoms with Gasteiger partial charge in [-0.25, -0.2) is 0 Å². The van der Waals surface area contributed by atoms with E-state index in [9.17, 15) is 14.4 Å². The van der Waals surface area contributed by atoms with Gasteiger partial charge in [0.15, 0.2) is 0 Å². The Bertz CT molecular complexity index is 1140. The van der Waals surface area contributed by atoms with E-state index in [-0.39, 0.29) is 18.7 Å². The van der Waals surface area contributed by atoms with Crippen LogP contribution < -0.4 is 15.0 Å². The highest BCUT2D eigenvalue weighted by Crippen LogP contribution is 2.33. The van der Waals surface area contributed by atoms with Crippen molar-refractivity contribution >= 4 is 52.4 Å². The van der Waals surface area contributed by atoms with E-state index in [0.29, 0.717) is 35.9 Å². The van der Waals surface area contributed by atoms with Crippen molar-refractivity contribution in [3.63, 3.8) is 0 Å². The highest BCUT2D eigenvalue weighted by Gasteiger charge is 2.19. The lowest BCUT2D eigenvalue weighted by molar-refractivity contribution is -0.139. The first kappa shape index (κ1) is 31.5. The Morgan fingerprint density at radius 3 is 2.27 bits per heavy atom. The Kier molecular flexibility index (Phi) is 12.8. The van der Waals surface area contributed by atoms with Gasteiger partial charge >= 0.3 is 11.9 Å². The number of carboxylic acid groups (broad SMARTS) is 2. The van der Waals surface area contributed by atoms with E-state index in [1.807, 2.05) is 30.3 Å². The standard InChI is InChI=1S/C23H27Cl2N3O2.C6H10O4/c24-19-4-3-5-21(23(19)25)28-13-11-27(12-14-28)10-1-2-15-30-18-8-6-17-7-9-22(29)26-20(17)16-18;7-5(8)3-1-2-4-6(9)10/h3-6,8,16H,1-2,7,9-15H2,(H,26,29);1-4H2,(H,7,8)(H,9,10). The summed E-state index contributed by atoms with van der Waals surface area (Å²) in [5, 5.41) is 20.4. The molecule has 40 heavy (non-hydrogen) atoms. The molecule has 2 aliphatic heterocycles. The highest BCUT2D eigenvalue weighted by molar-refractivity contribution is 6.43. The van der Waals surface area contributed by atoms with Crippen molar-refractivity contribution in [2.24, 2.45) is 0 Å². The van der Waals surface area contributed by atoms with Crippen molar-refractivity contribution in [2.45, 2.75) is 51.4 Å². The van der Waals surface area contributed by atoms with E-state index in [1.54, 1.807) is 0 Å². The molecule has 11 heteroatoms. The van der Waals surface area contributed by atoms with Crippen LogP contribution in [0.2, 0.25) is 10.0 Å². The van der Waals surface area contributed by atoms with Crippen LogP contribution in [0.15, 0.2) is 36.4 Å². The first-order valence-corrected chi connectivity index (χ1v) is 14.4. The zero-order valence-electron chi connectivity index (χ0n) is 22.5. The van der Waals surface area contributed by atoms with Gasteiger partial charge in [0.2, 0.25) is 5.91 Å². The molecule has 218 valence electrons. The van der Waals surface area contributed by atoms with Gasteiger partial charge in [0, 0.05) is 57.2 Å². The quantitative estimate of drug-likeness (QED) is 0.273. The van der Waals surface area contributed by atoms with Crippen LogP contribution in [0.5, 0.6) is 5.75 Å². The number of benzene rings is 2. The van der Waals surface area contributed by atoms with Gasteiger partial charge in [-0.05, 0) is 62.4 Å². The minimum Gasteiger partial charge on any atom is -0.494 e. The number of hydrogen-bond acceptors (Lipinski definition) is 6. The van der Waals surface area contributed by atoms with Crippen LogP contribution in [-0.4, -0.2) is 72.3 Å². The fourth-order valence-corrected chi connectivity index (χ4v) is 4.98. The first-order chi connectivity index (χ1) is 19.2. The molecule has 0 unspecified atom stereocenters. The smallest absolute Gasteiger partial charge is 0.303 e. The minimum atomic E-state index is -0.870. The number of piperazine rings is 1. The molecule has 1 amide bonds. The number of carbonyl (C=O) groups is 3. The number of aliphatic carboxylic acids is 2. The molecule has 1 saturated heterocycles. The van der Waals surface area contributed by atoms with Crippen LogP contribution >= 0.6 is 23.2 Å². The number of ether oxygens (including phenoxy) is 1. The molecular weight excluding hydrogens is 557 g/mol. The Hall–Kier alpha value is -3.01. The number of anilines is 2. The summed E-state index contributed by atoms with van der Waals surface area (Å²) >= 11 is 12.5. The molecule has 0 radical (unpaired) electrons. The summed E-state index contributed by atoms with van der Waals surface area (Å²) in [6.45, 7) is 5.71. The Morgan fingerprint density at radius 1 is 0.900 bits per heavy atom. The summed E-state index contributed by atoms with van der Waals surface area (Å²) in [7, 11) is 0. The van der Waals surface area contributed by atoms with Crippen LogP contribution in [0.3, 0.4) is 0 Å². The Labute approximate surface area is 245 Å². The second kappa shape index (κ2) is 16.3. The number of amides is 1. The van der Waals surface area contributed by atoms with Crippen molar-refractivity contribution in [3.8, 4) is 5.75 Å². The van der Waals surface area contributed by atoms with Crippen molar-refractivity contribution < 1.29 is 29.3 Å². The third-order valence-electron chi connectivity index (χ3n) is 6.79. The lowest BCUT2D eigenvalue weighted by Crippen LogP contribution is -2.46. The number of carbonyl (C=O) groups excluding carboxylic acids is 1. The van der Waals surface area contributed by atoms with Crippen LogP contribution in [0.1, 0.15) is 50.5 Å². The lowest BCUT2D eigenvalue weighted by Gasteiger charge is -2.36. The number of nitrogens with one attached hydrogen (secondary N) is 1. The van der Waals surface area contributed by atoms with Crippen molar-refractivity contribution in [1.29, 1.82) is 0 Å². The number of hydrogen-bond donors (Lipinski definition) is 3. The summed E-state index contributed by atoms with van der Waals surface area (Å²) in [4.78, 5) is 36.1. The maximum absolute atomic E-state index is 11.5. The highest BCUT2D eigenvalue weighted by atomic mass is 35.5. The third kappa shape index (κ3) is 10.5. The number of rotatable bonds is 12. The van der Waals surface area contributed by atoms with Gasteiger partial charge in [-0.2, -0.15) is 0 Å². The number of carboxylic acids is 2. The fraction of sp³-hybridized carbons (Fsp3) is 0.483. The normalized spacial score (nSPS) is 14.9. The molecule has 0 atom stereocenters. The van der Waals surface area contributed by atoms with E-state index in [0.717, 1.165) is 69.1 Å². The van der Waals surface area contributed by atoms with E-state index in [1.165, 1.54) is 5.56 Å². The van der Waals surface area contributed by atoms with Crippen molar-refractivity contribution in [2.75, 3.05) is 49.5 Å². The van der Waals surface area contributed by atoms with Crippen LogP contribution in [-0.2, 0) is 20.8 Å². The predicted octanol–water partition coefficient (Wildman–Crippen LogP) is 5.58. The van der Waals surface area contributed by atoms with Gasteiger partial charge in [-0.15, -0.1) is 0 Å². The number of unbranched alkanes of at least 4 members (excludes halogenated alkanes) is 2. The number of aryl methyl sites for hydroxylation is 1. The van der Waals surface area contributed by atoms with E-state index in [4.69, 9.17) is 38.2 Å². The second-order valence-electron chi connectivity index (χ2n) is 9.82. The average molecular weight is 595 g/mol. The van der Waals surface area contributed by atoms with Crippen LogP contribution in [0.25, 0.3) is 0 Å². The zero-order valence-corrected chi connectivity index (χ0v) is 24.1. The van der Waals surface area contributed by atoms with E-state index < -0.39 is 11.9 Å². The molecule has 2 aromatic rings. The number of fused-ring (bicyclic) bond motifs is 1. The van der Waals surface area contributed by atoms with Gasteiger partial charge in [0.05, 0.1) is 22.3 Å². The molecule has 2 heterocycles. The largest absolute Gasteiger partial charge is 0.494 e. The molecule has 0 aliphatic carbocycles. The third-order valence-corrected chi connectivity index (χ3v) is 7.60. The van der Waals surface area contributed by atoms with Crippen molar-refractivity contribution in [1.82, 2.24) is 4.90 Å². The lowest BCUT2D eigenvalue weighted by atomic mass is 10.0. The predicted molar refractivity (Wildman–Crippen MR) is 157 cm³/mol. The van der Waals surface area contributed by atoms with Gasteiger partial charge in [0.1, 0.15) is 5.75 Å². The van der Waals surface area contributed by atoms with E-state index in [2.05, 4.69) is 21.2 Å².